The van der Waals surface area contributed by atoms with E-state index in [4.69, 9.17) is 16.3 Å². The van der Waals surface area contributed by atoms with E-state index in [1.807, 2.05) is 13.8 Å². The van der Waals surface area contributed by atoms with E-state index in [9.17, 15) is 0 Å². The number of hydrogen-bond acceptors (Lipinski definition) is 3. The van der Waals surface area contributed by atoms with Gasteiger partial charge in [-0.25, -0.2) is 4.98 Å². The van der Waals surface area contributed by atoms with Gasteiger partial charge < -0.3 is 4.74 Å². The fraction of sp³-hybridized carbons (Fsp3) is 0.667. The monoisotopic (exact) mass is 242 g/mol. The minimum atomic E-state index is 0.261. The predicted octanol–water partition coefficient (Wildman–Crippen LogP) is 3.82. The van der Waals surface area contributed by atoms with Crippen molar-refractivity contribution in [3.8, 4) is 5.88 Å². The van der Waals surface area contributed by atoms with Gasteiger partial charge in [0.25, 0.3) is 0 Å². The quantitative estimate of drug-likeness (QED) is 0.562. The summed E-state index contributed by atoms with van der Waals surface area (Å²) in [4.78, 5) is 8.47. The highest BCUT2D eigenvalue weighted by Gasteiger charge is 2.07. The number of aromatic nitrogens is 2. The van der Waals surface area contributed by atoms with E-state index in [1.54, 1.807) is 6.07 Å². The van der Waals surface area contributed by atoms with Crippen LogP contribution in [0.15, 0.2) is 6.07 Å². The highest BCUT2D eigenvalue weighted by Crippen LogP contribution is 2.18. The first kappa shape index (κ1) is 13.2. The second-order valence-corrected chi connectivity index (χ2v) is 4.48. The largest absolute Gasteiger partial charge is 0.478 e. The molecule has 1 aromatic rings. The molecule has 0 aliphatic rings. The van der Waals surface area contributed by atoms with Crippen LogP contribution < -0.4 is 4.74 Å². The molecule has 0 amide bonds. The van der Waals surface area contributed by atoms with Crippen LogP contribution in [-0.2, 0) is 0 Å². The minimum Gasteiger partial charge on any atom is -0.478 e. The maximum atomic E-state index is 5.90. The number of rotatable bonds is 6. The fourth-order valence-corrected chi connectivity index (χ4v) is 1.45. The topological polar surface area (TPSA) is 35.0 Å². The summed E-state index contributed by atoms with van der Waals surface area (Å²) in [5, 5.41) is 0.448. The van der Waals surface area contributed by atoms with Crippen molar-refractivity contribution < 1.29 is 4.74 Å². The normalized spacial score (nSPS) is 10.8. The van der Waals surface area contributed by atoms with Gasteiger partial charge >= 0.3 is 0 Å². The van der Waals surface area contributed by atoms with Crippen LogP contribution in [0.25, 0.3) is 0 Å². The van der Waals surface area contributed by atoms with Gasteiger partial charge in [-0.05, 0) is 6.42 Å². The lowest BCUT2D eigenvalue weighted by Crippen LogP contribution is -2.03. The van der Waals surface area contributed by atoms with E-state index in [1.165, 1.54) is 12.8 Å². The molecule has 0 aliphatic carbocycles. The first-order chi connectivity index (χ1) is 7.63. The SMILES string of the molecule is CCCCCOc1cc(Cl)nc(C(C)C)n1. The van der Waals surface area contributed by atoms with Gasteiger partial charge in [-0.3, -0.25) is 0 Å². The smallest absolute Gasteiger partial charge is 0.218 e. The fourth-order valence-electron chi connectivity index (χ4n) is 1.27. The van der Waals surface area contributed by atoms with Crippen LogP contribution in [0.3, 0.4) is 0 Å². The van der Waals surface area contributed by atoms with Gasteiger partial charge in [0.05, 0.1) is 6.61 Å². The van der Waals surface area contributed by atoms with Crippen LogP contribution in [0.5, 0.6) is 5.88 Å². The van der Waals surface area contributed by atoms with Crippen molar-refractivity contribution in [3.05, 3.63) is 17.0 Å². The molecule has 1 rings (SSSR count). The third kappa shape index (κ3) is 4.35. The molecule has 0 radical (unpaired) electrons. The molecule has 90 valence electrons. The van der Waals surface area contributed by atoms with E-state index in [-0.39, 0.29) is 5.92 Å². The molecule has 0 spiro atoms. The molecule has 0 aromatic carbocycles. The van der Waals surface area contributed by atoms with Crippen molar-refractivity contribution in [1.82, 2.24) is 9.97 Å². The Balaban J connectivity index is 2.58. The molecule has 0 saturated carbocycles. The molecule has 0 unspecified atom stereocenters. The molecule has 0 bridgehead atoms. The molecule has 0 fully saturated rings. The Morgan fingerprint density at radius 1 is 1.31 bits per heavy atom. The number of nitrogens with zero attached hydrogens (tertiary/aromatic N) is 2. The van der Waals surface area contributed by atoms with Gasteiger partial charge in [0.1, 0.15) is 11.0 Å². The molecule has 0 atom stereocenters. The van der Waals surface area contributed by atoms with Crippen molar-refractivity contribution >= 4 is 11.6 Å². The van der Waals surface area contributed by atoms with E-state index in [2.05, 4.69) is 16.9 Å². The van der Waals surface area contributed by atoms with Gasteiger partial charge in [-0.1, -0.05) is 45.2 Å². The summed E-state index contributed by atoms with van der Waals surface area (Å²) in [5.74, 6) is 1.58. The van der Waals surface area contributed by atoms with Crippen LogP contribution in [0.2, 0.25) is 5.15 Å². The lowest BCUT2D eigenvalue weighted by atomic mass is 10.2. The predicted molar refractivity (Wildman–Crippen MR) is 66.2 cm³/mol. The first-order valence-corrected chi connectivity index (χ1v) is 6.18. The van der Waals surface area contributed by atoms with Crippen molar-refractivity contribution in [2.45, 2.75) is 46.0 Å². The molecule has 1 heterocycles. The highest BCUT2D eigenvalue weighted by atomic mass is 35.5. The van der Waals surface area contributed by atoms with Crippen LogP contribution in [0.1, 0.15) is 51.8 Å². The lowest BCUT2D eigenvalue weighted by Gasteiger charge is -2.08. The zero-order chi connectivity index (χ0) is 12.0. The highest BCUT2D eigenvalue weighted by molar-refractivity contribution is 6.29. The van der Waals surface area contributed by atoms with Crippen LogP contribution >= 0.6 is 11.6 Å². The molecule has 16 heavy (non-hydrogen) atoms. The zero-order valence-electron chi connectivity index (χ0n) is 10.2. The second-order valence-electron chi connectivity index (χ2n) is 4.10. The van der Waals surface area contributed by atoms with Gasteiger partial charge in [-0.2, -0.15) is 4.98 Å². The third-order valence-corrected chi connectivity index (χ3v) is 2.40. The van der Waals surface area contributed by atoms with E-state index < -0.39 is 0 Å². The third-order valence-electron chi connectivity index (χ3n) is 2.20. The Hall–Kier alpha value is -0.830. The van der Waals surface area contributed by atoms with Crippen LogP contribution in [-0.4, -0.2) is 16.6 Å². The molecule has 3 nitrogen and oxygen atoms in total. The zero-order valence-corrected chi connectivity index (χ0v) is 10.9. The molecular formula is C12H19ClN2O. The average molecular weight is 243 g/mol. The maximum Gasteiger partial charge on any atom is 0.218 e. The van der Waals surface area contributed by atoms with Gasteiger partial charge in [0, 0.05) is 12.0 Å². The van der Waals surface area contributed by atoms with Crippen LogP contribution in [0, 0.1) is 0 Å². The lowest BCUT2D eigenvalue weighted by molar-refractivity contribution is 0.293. The molecule has 1 aromatic heterocycles. The van der Waals surface area contributed by atoms with Crippen molar-refractivity contribution in [2.75, 3.05) is 6.61 Å². The number of unbranched alkanes of at least 4 members (excludes halogenated alkanes) is 2. The van der Waals surface area contributed by atoms with Gasteiger partial charge in [-0.15, -0.1) is 0 Å². The first-order valence-electron chi connectivity index (χ1n) is 5.80. The Labute approximate surface area is 102 Å². The summed E-state index contributed by atoms with van der Waals surface area (Å²) in [6.07, 6.45) is 3.41. The maximum absolute atomic E-state index is 5.90. The number of ether oxygens (including phenoxy) is 1. The summed E-state index contributed by atoms with van der Waals surface area (Å²) < 4.78 is 5.54. The van der Waals surface area contributed by atoms with Crippen LogP contribution in [0.4, 0.5) is 0 Å². The van der Waals surface area contributed by atoms with E-state index in [0.717, 1.165) is 12.2 Å². The summed E-state index contributed by atoms with van der Waals surface area (Å²) in [7, 11) is 0. The molecule has 0 saturated heterocycles. The Morgan fingerprint density at radius 3 is 2.69 bits per heavy atom. The molecule has 4 heteroatoms. The van der Waals surface area contributed by atoms with E-state index >= 15 is 0 Å². The van der Waals surface area contributed by atoms with Crippen molar-refractivity contribution in [1.29, 1.82) is 0 Å². The summed E-state index contributed by atoms with van der Waals surface area (Å²) in [6, 6.07) is 1.67. The summed E-state index contributed by atoms with van der Waals surface area (Å²) in [5.41, 5.74) is 0. The van der Waals surface area contributed by atoms with Crippen molar-refractivity contribution in [2.24, 2.45) is 0 Å². The Bertz CT molecular complexity index is 329. The average Bonchev–Trinajstić information content (AvgIpc) is 2.23. The van der Waals surface area contributed by atoms with Gasteiger partial charge in [0.2, 0.25) is 5.88 Å². The number of halogens is 1. The van der Waals surface area contributed by atoms with Crippen molar-refractivity contribution in [3.63, 3.8) is 0 Å². The standard InChI is InChI=1S/C12H19ClN2O/c1-4-5-6-7-16-11-8-10(13)14-12(15-11)9(2)3/h8-9H,4-7H2,1-3H3. The molecule has 0 N–H and O–H groups in total. The molecule has 0 aliphatic heterocycles. The minimum absolute atomic E-state index is 0.261. The van der Waals surface area contributed by atoms with Gasteiger partial charge in [0.15, 0.2) is 0 Å². The summed E-state index contributed by atoms with van der Waals surface area (Å²) >= 11 is 5.90. The Morgan fingerprint density at radius 2 is 2.06 bits per heavy atom. The number of hydrogen-bond donors (Lipinski definition) is 0. The summed E-state index contributed by atoms with van der Waals surface area (Å²) in [6.45, 7) is 6.93. The Kier molecular flexibility index (Phi) is 5.53. The van der Waals surface area contributed by atoms with E-state index in [0.29, 0.717) is 17.6 Å². The second kappa shape index (κ2) is 6.69. The molecular weight excluding hydrogens is 224 g/mol.